The van der Waals surface area contributed by atoms with Crippen molar-refractivity contribution >= 4 is 0 Å². The van der Waals surface area contributed by atoms with Gasteiger partial charge in [0, 0.05) is 6.42 Å². The van der Waals surface area contributed by atoms with Gasteiger partial charge in [-0.15, -0.1) is 11.8 Å². The smallest absolute Gasteiger partial charge is 0.127 e. The predicted octanol–water partition coefficient (Wildman–Crippen LogP) is 2.01. The molecular weight excluding hydrogens is 228 g/mol. The van der Waals surface area contributed by atoms with Crippen LogP contribution in [0.4, 0.5) is 0 Å². The summed E-state index contributed by atoms with van der Waals surface area (Å²) in [5.41, 5.74) is 3.73. The van der Waals surface area contributed by atoms with Crippen molar-refractivity contribution in [1.29, 1.82) is 0 Å². The van der Waals surface area contributed by atoms with E-state index >= 15 is 0 Å². The molecule has 18 heavy (non-hydrogen) atoms. The maximum absolute atomic E-state index is 5.62. The molecule has 0 fully saturated rings. The number of rotatable bonds is 6. The van der Waals surface area contributed by atoms with Gasteiger partial charge in [-0.3, -0.25) is 11.3 Å². The first-order valence-corrected chi connectivity index (χ1v) is 5.85. The van der Waals surface area contributed by atoms with Crippen LogP contribution in [0.3, 0.4) is 0 Å². The maximum atomic E-state index is 5.62. The SMILES string of the molecule is CC#CCCC(NN)c1c(OC)cccc1OC. The van der Waals surface area contributed by atoms with Gasteiger partial charge >= 0.3 is 0 Å². The van der Waals surface area contributed by atoms with Crippen LogP contribution in [0.15, 0.2) is 18.2 Å². The fourth-order valence-electron chi connectivity index (χ4n) is 1.88. The van der Waals surface area contributed by atoms with E-state index < -0.39 is 0 Å². The topological polar surface area (TPSA) is 56.5 Å². The van der Waals surface area contributed by atoms with Crippen LogP contribution in [0, 0.1) is 11.8 Å². The van der Waals surface area contributed by atoms with Gasteiger partial charge in [-0.25, -0.2) is 0 Å². The molecule has 0 saturated heterocycles. The predicted molar refractivity (Wildman–Crippen MR) is 72.3 cm³/mol. The second kappa shape index (κ2) is 7.59. The van der Waals surface area contributed by atoms with Crippen molar-refractivity contribution in [3.63, 3.8) is 0 Å². The molecule has 0 aliphatic rings. The summed E-state index contributed by atoms with van der Waals surface area (Å²) in [6.45, 7) is 1.83. The number of methoxy groups -OCH3 is 2. The molecule has 98 valence electrons. The van der Waals surface area contributed by atoms with Crippen molar-refractivity contribution in [2.75, 3.05) is 14.2 Å². The highest BCUT2D eigenvalue weighted by molar-refractivity contribution is 5.47. The van der Waals surface area contributed by atoms with Crippen molar-refractivity contribution in [2.24, 2.45) is 5.84 Å². The number of benzene rings is 1. The highest BCUT2D eigenvalue weighted by Crippen LogP contribution is 2.35. The van der Waals surface area contributed by atoms with Crippen LogP contribution in [0.5, 0.6) is 11.5 Å². The average molecular weight is 248 g/mol. The fraction of sp³-hybridized carbons (Fsp3) is 0.429. The van der Waals surface area contributed by atoms with Gasteiger partial charge < -0.3 is 9.47 Å². The van der Waals surface area contributed by atoms with Crippen molar-refractivity contribution in [1.82, 2.24) is 5.43 Å². The number of nitrogens with one attached hydrogen (secondary N) is 1. The van der Waals surface area contributed by atoms with Crippen LogP contribution < -0.4 is 20.7 Å². The molecule has 3 N–H and O–H groups in total. The highest BCUT2D eigenvalue weighted by Gasteiger charge is 2.19. The van der Waals surface area contributed by atoms with E-state index in [2.05, 4.69) is 17.3 Å². The van der Waals surface area contributed by atoms with Gasteiger partial charge in [0.15, 0.2) is 0 Å². The highest BCUT2D eigenvalue weighted by atomic mass is 16.5. The first-order chi connectivity index (χ1) is 8.78. The number of hydrogen-bond acceptors (Lipinski definition) is 4. The van der Waals surface area contributed by atoms with Crippen molar-refractivity contribution in [2.45, 2.75) is 25.8 Å². The molecule has 0 aliphatic heterocycles. The second-order valence-corrected chi connectivity index (χ2v) is 3.76. The van der Waals surface area contributed by atoms with Gasteiger partial charge in [-0.05, 0) is 25.5 Å². The van der Waals surface area contributed by atoms with Crippen molar-refractivity contribution in [3.8, 4) is 23.3 Å². The minimum atomic E-state index is -0.0445. The van der Waals surface area contributed by atoms with Gasteiger partial charge in [0.05, 0.1) is 25.8 Å². The Morgan fingerprint density at radius 2 is 1.89 bits per heavy atom. The van der Waals surface area contributed by atoms with Crippen LogP contribution >= 0.6 is 0 Å². The van der Waals surface area contributed by atoms with Crippen LogP contribution in [-0.2, 0) is 0 Å². The first kappa shape index (κ1) is 14.4. The third-order valence-corrected chi connectivity index (χ3v) is 2.75. The lowest BCUT2D eigenvalue weighted by molar-refractivity contribution is 0.367. The fourth-order valence-corrected chi connectivity index (χ4v) is 1.88. The Balaban J connectivity index is 3.04. The van der Waals surface area contributed by atoms with Gasteiger partial charge in [0.1, 0.15) is 11.5 Å². The molecule has 1 rings (SSSR count). The lowest BCUT2D eigenvalue weighted by Crippen LogP contribution is -2.28. The zero-order valence-electron chi connectivity index (χ0n) is 11.1. The van der Waals surface area contributed by atoms with Gasteiger partial charge in [0.25, 0.3) is 0 Å². The van der Waals surface area contributed by atoms with E-state index in [1.807, 2.05) is 25.1 Å². The molecule has 0 heterocycles. The summed E-state index contributed by atoms with van der Waals surface area (Å²) >= 11 is 0. The van der Waals surface area contributed by atoms with Crippen molar-refractivity contribution < 1.29 is 9.47 Å². The third kappa shape index (κ3) is 3.39. The minimum Gasteiger partial charge on any atom is -0.496 e. The van der Waals surface area contributed by atoms with Gasteiger partial charge in [-0.2, -0.15) is 0 Å². The Morgan fingerprint density at radius 3 is 2.33 bits per heavy atom. The molecule has 0 aromatic heterocycles. The summed E-state index contributed by atoms with van der Waals surface area (Å²) in [5, 5.41) is 0. The maximum Gasteiger partial charge on any atom is 0.127 e. The zero-order valence-corrected chi connectivity index (χ0v) is 11.1. The molecule has 1 aromatic carbocycles. The summed E-state index contributed by atoms with van der Waals surface area (Å²) in [6.07, 6.45) is 1.57. The Bertz CT molecular complexity index is 413. The monoisotopic (exact) mass is 248 g/mol. The average Bonchev–Trinajstić information content (AvgIpc) is 2.43. The van der Waals surface area contributed by atoms with E-state index in [1.54, 1.807) is 14.2 Å². The summed E-state index contributed by atoms with van der Waals surface area (Å²) in [4.78, 5) is 0. The molecule has 1 aromatic rings. The quantitative estimate of drug-likeness (QED) is 0.459. The van der Waals surface area contributed by atoms with Crippen molar-refractivity contribution in [3.05, 3.63) is 23.8 Å². The Morgan fingerprint density at radius 1 is 1.28 bits per heavy atom. The van der Waals surface area contributed by atoms with E-state index in [0.29, 0.717) is 0 Å². The Kier molecular flexibility index (Phi) is 6.06. The standard InChI is InChI=1S/C14H20N2O2/c1-4-5-6-8-11(16-15)14-12(17-2)9-7-10-13(14)18-3/h7,9-11,16H,6,8,15H2,1-3H3. The molecule has 1 unspecified atom stereocenters. The lowest BCUT2D eigenvalue weighted by atomic mass is 10.0. The van der Waals surface area contributed by atoms with E-state index in [4.69, 9.17) is 15.3 Å². The van der Waals surface area contributed by atoms with E-state index in [9.17, 15) is 0 Å². The second-order valence-electron chi connectivity index (χ2n) is 3.76. The summed E-state index contributed by atoms with van der Waals surface area (Å²) < 4.78 is 10.7. The zero-order chi connectivity index (χ0) is 13.4. The van der Waals surface area contributed by atoms with E-state index in [1.165, 1.54) is 0 Å². The van der Waals surface area contributed by atoms with Gasteiger partial charge in [-0.1, -0.05) is 6.07 Å². The molecule has 0 radical (unpaired) electrons. The molecule has 4 heteroatoms. The van der Waals surface area contributed by atoms with Crippen LogP contribution in [0.1, 0.15) is 31.4 Å². The van der Waals surface area contributed by atoms with E-state index in [-0.39, 0.29) is 6.04 Å². The molecule has 1 atom stereocenters. The number of ether oxygens (including phenoxy) is 2. The number of hydrazine groups is 1. The third-order valence-electron chi connectivity index (χ3n) is 2.75. The summed E-state index contributed by atoms with van der Waals surface area (Å²) in [5.74, 6) is 13.1. The number of nitrogens with two attached hydrogens (primary N) is 1. The van der Waals surface area contributed by atoms with Crippen LogP contribution in [0.2, 0.25) is 0 Å². The molecule has 0 spiro atoms. The molecule has 0 amide bonds. The molecule has 0 saturated carbocycles. The first-order valence-electron chi connectivity index (χ1n) is 5.85. The molecule has 4 nitrogen and oxygen atoms in total. The van der Waals surface area contributed by atoms with Crippen LogP contribution in [-0.4, -0.2) is 14.2 Å². The molecular formula is C14H20N2O2. The Hall–Kier alpha value is -1.70. The molecule has 0 bridgehead atoms. The minimum absolute atomic E-state index is 0.0445. The Labute approximate surface area is 108 Å². The van der Waals surface area contributed by atoms with Crippen LogP contribution in [0.25, 0.3) is 0 Å². The number of hydrogen-bond donors (Lipinski definition) is 2. The summed E-state index contributed by atoms with van der Waals surface area (Å²) in [7, 11) is 3.27. The van der Waals surface area contributed by atoms with E-state index in [0.717, 1.165) is 29.9 Å². The normalized spacial score (nSPS) is 11.3. The summed E-state index contributed by atoms with van der Waals surface area (Å²) in [6, 6.07) is 5.64. The largest absolute Gasteiger partial charge is 0.496 e. The molecule has 0 aliphatic carbocycles. The lowest BCUT2D eigenvalue weighted by Gasteiger charge is -2.20. The van der Waals surface area contributed by atoms with Gasteiger partial charge in [0.2, 0.25) is 0 Å².